The normalized spacial score (nSPS) is 19.9. The zero-order chi connectivity index (χ0) is 17.2. The van der Waals surface area contributed by atoms with Crippen molar-refractivity contribution in [3.8, 4) is 0 Å². The first-order valence-electron chi connectivity index (χ1n) is 8.70. The number of aliphatic hydroxyl groups excluding tert-OH is 1. The van der Waals surface area contributed by atoms with E-state index in [0.29, 0.717) is 6.42 Å². The van der Waals surface area contributed by atoms with E-state index in [-0.39, 0.29) is 6.04 Å². The van der Waals surface area contributed by atoms with Gasteiger partial charge in [-0.1, -0.05) is 37.5 Å². The third-order valence-corrected chi connectivity index (χ3v) is 6.30. The number of amides is 1. The molecule has 0 saturated heterocycles. The zero-order valence-corrected chi connectivity index (χ0v) is 14.9. The molecule has 1 aliphatic rings. The lowest BCUT2D eigenvalue weighted by Gasteiger charge is -2.35. The first-order chi connectivity index (χ1) is 11.5. The van der Waals surface area contributed by atoms with Crippen molar-refractivity contribution in [3.63, 3.8) is 0 Å². The molecule has 1 saturated carbocycles. The highest BCUT2D eigenvalue weighted by Crippen LogP contribution is 2.33. The summed E-state index contributed by atoms with van der Waals surface area (Å²) in [5, 5.41) is 15.1. The van der Waals surface area contributed by atoms with E-state index in [1.54, 1.807) is 18.3 Å². The highest BCUT2D eigenvalue weighted by molar-refractivity contribution is 7.19. The molecule has 1 heterocycles. The van der Waals surface area contributed by atoms with Gasteiger partial charge in [0, 0.05) is 15.6 Å². The van der Waals surface area contributed by atoms with E-state index in [9.17, 15) is 9.90 Å². The van der Waals surface area contributed by atoms with Crippen molar-refractivity contribution in [2.45, 2.75) is 57.7 Å². The number of hydrogen-bond acceptors (Lipinski definition) is 4. The minimum atomic E-state index is -1.02. The van der Waals surface area contributed by atoms with Gasteiger partial charge >= 0.3 is 0 Å². The van der Waals surface area contributed by atoms with E-state index >= 15 is 0 Å². The third-order valence-electron chi connectivity index (χ3n) is 5.18. The number of carbonyl (C=O) groups is 1. The van der Waals surface area contributed by atoms with Gasteiger partial charge in [-0.05, 0) is 43.7 Å². The van der Waals surface area contributed by atoms with Crippen LogP contribution in [-0.2, 0) is 11.2 Å². The van der Waals surface area contributed by atoms with E-state index in [2.05, 4.69) is 23.5 Å². The van der Waals surface area contributed by atoms with Crippen molar-refractivity contribution >= 4 is 27.3 Å². The number of rotatable bonds is 6. The second kappa shape index (κ2) is 7.21. The molecule has 1 aromatic carbocycles. The first-order valence-corrected chi connectivity index (χ1v) is 9.52. The molecule has 5 heteroatoms. The summed E-state index contributed by atoms with van der Waals surface area (Å²) in [7, 11) is 0. The molecule has 1 aromatic heterocycles. The molecule has 2 unspecified atom stereocenters. The topological polar surface area (TPSA) is 75.4 Å². The van der Waals surface area contributed by atoms with Gasteiger partial charge in [0.15, 0.2) is 0 Å². The first kappa shape index (κ1) is 17.4. The number of aliphatic hydroxyl groups is 1. The van der Waals surface area contributed by atoms with Crippen LogP contribution in [0.3, 0.4) is 0 Å². The van der Waals surface area contributed by atoms with E-state index in [1.807, 2.05) is 12.1 Å². The van der Waals surface area contributed by atoms with Gasteiger partial charge in [0.25, 0.3) is 0 Å². The quantitative estimate of drug-likeness (QED) is 0.703. The van der Waals surface area contributed by atoms with E-state index in [4.69, 9.17) is 5.73 Å². The van der Waals surface area contributed by atoms with Crippen LogP contribution in [0.2, 0.25) is 0 Å². The number of hydrogen-bond donors (Lipinski definition) is 3. The Morgan fingerprint density at radius 1 is 1.38 bits per heavy atom. The second-order valence-corrected chi connectivity index (χ2v) is 8.28. The minimum absolute atomic E-state index is 0.273. The van der Waals surface area contributed by atoms with Crippen LogP contribution < -0.4 is 11.1 Å². The Labute approximate surface area is 147 Å². The minimum Gasteiger partial charge on any atom is -0.377 e. The Morgan fingerprint density at radius 2 is 2.08 bits per heavy atom. The monoisotopic (exact) mass is 346 g/mol. The van der Waals surface area contributed by atoms with Crippen LogP contribution in [0.4, 0.5) is 0 Å². The van der Waals surface area contributed by atoms with Crippen LogP contribution >= 0.6 is 11.3 Å². The number of benzene rings is 1. The molecule has 4 nitrogen and oxygen atoms in total. The van der Waals surface area contributed by atoms with Crippen molar-refractivity contribution < 1.29 is 9.90 Å². The smallest absolute Gasteiger partial charge is 0.227 e. The number of fused-ring (bicyclic) bond motifs is 1. The summed E-state index contributed by atoms with van der Waals surface area (Å²) in [6.07, 6.45) is 5.22. The van der Waals surface area contributed by atoms with Gasteiger partial charge in [0.2, 0.25) is 5.91 Å². The highest BCUT2D eigenvalue weighted by Gasteiger charge is 2.40. The average molecular weight is 346 g/mol. The Hall–Kier alpha value is -1.43. The average Bonchev–Trinajstić information content (AvgIpc) is 2.97. The number of nitrogens with one attached hydrogen (secondary N) is 1. The summed E-state index contributed by atoms with van der Waals surface area (Å²) in [6, 6.07) is 10.5. The number of nitrogens with two attached hydrogens (primary N) is 1. The third kappa shape index (κ3) is 3.63. The molecule has 0 aliphatic heterocycles. The van der Waals surface area contributed by atoms with Gasteiger partial charge in [0.05, 0.1) is 5.41 Å². The van der Waals surface area contributed by atoms with Crippen molar-refractivity contribution in [1.82, 2.24) is 5.32 Å². The van der Waals surface area contributed by atoms with Gasteiger partial charge < -0.3 is 10.8 Å². The summed E-state index contributed by atoms with van der Waals surface area (Å²) >= 11 is 1.66. The fraction of sp³-hybridized carbons (Fsp3) is 0.526. The molecule has 2 atom stereocenters. The molecular formula is C19H26N2O2S. The van der Waals surface area contributed by atoms with Crippen molar-refractivity contribution in [1.29, 1.82) is 0 Å². The van der Waals surface area contributed by atoms with Gasteiger partial charge in [-0.2, -0.15) is 0 Å². The molecule has 130 valence electrons. The highest BCUT2D eigenvalue weighted by atomic mass is 32.1. The maximum absolute atomic E-state index is 12.2. The molecule has 1 fully saturated rings. The van der Waals surface area contributed by atoms with E-state index in [0.717, 1.165) is 17.7 Å². The molecular weight excluding hydrogens is 320 g/mol. The molecule has 4 N–H and O–H groups in total. The predicted octanol–water partition coefficient (Wildman–Crippen LogP) is 3.18. The molecule has 0 bridgehead atoms. The van der Waals surface area contributed by atoms with Crippen molar-refractivity contribution in [2.24, 2.45) is 11.1 Å². The lowest BCUT2D eigenvalue weighted by Crippen LogP contribution is -2.55. The Kier molecular flexibility index (Phi) is 5.23. The molecule has 24 heavy (non-hydrogen) atoms. The van der Waals surface area contributed by atoms with Crippen LogP contribution in [0.1, 0.15) is 43.9 Å². The molecule has 1 amide bonds. The number of carbonyl (C=O) groups excluding carboxylic acids is 1. The molecule has 0 radical (unpaired) electrons. The Morgan fingerprint density at radius 3 is 2.75 bits per heavy atom. The fourth-order valence-electron chi connectivity index (χ4n) is 3.48. The lowest BCUT2D eigenvalue weighted by atomic mass is 9.82. The van der Waals surface area contributed by atoms with Crippen molar-refractivity contribution in [2.75, 3.05) is 0 Å². The summed E-state index contributed by atoms with van der Waals surface area (Å²) in [4.78, 5) is 13.2. The fourth-order valence-corrected chi connectivity index (χ4v) is 4.71. The SMILES string of the molecule is CC(Cc1cc2ccccc2s1)(C(N)=O)C(O)NC1CCCCC1. The lowest BCUT2D eigenvalue weighted by molar-refractivity contribution is -0.135. The van der Waals surface area contributed by atoms with E-state index in [1.165, 1.54) is 29.3 Å². The predicted molar refractivity (Wildman–Crippen MR) is 98.8 cm³/mol. The summed E-state index contributed by atoms with van der Waals surface area (Å²) in [6.45, 7) is 1.76. The number of primary amides is 1. The Bertz CT molecular complexity index is 675. The molecule has 1 aliphatic carbocycles. The standard InChI is InChI=1S/C19H26N2O2S/c1-19(17(20)22,18(23)21-14-8-3-2-4-9-14)12-15-11-13-7-5-6-10-16(13)24-15/h5-7,10-11,14,18,21,23H,2-4,8-9,12H2,1H3,(H2,20,22). The van der Waals surface area contributed by atoms with Crippen LogP contribution in [0.5, 0.6) is 0 Å². The van der Waals surface area contributed by atoms with E-state index < -0.39 is 17.6 Å². The maximum Gasteiger partial charge on any atom is 0.227 e. The van der Waals surface area contributed by atoms with Crippen LogP contribution in [0.15, 0.2) is 30.3 Å². The maximum atomic E-state index is 12.2. The second-order valence-electron chi connectivity index (χ2n) is 7.11. The largest absolute Gasteiger partial charge is 0.377 e. The van der Waals surface area contributed by atoms with Crippen LogP contribution in [0, 0.1) is 5.41 Å². The van der Waals surface area contributed by atoms with Crippen LogP contribution in [-0.4, -0.2) is 23.3 Å². The molecule has 0 spiro atoms. The zero-order valence-electron chi connectivity index (χ0n) is 14.1. The van der Waals surface area contributed by atoms with Gasteiger partial charge in [-0.25, -0.2) is 0 Å². The number of thiophene rings is 1. The van der Waals surface area contributed by atoms with Crippen LogP contribution in [0.25, 0.3) is 10.1 Å². The van der Waals surface area contributed by atoms with Gasteiger partial charge in [-0.15, -0.1) is 11.3 Å². The Balaban J connectivity index is 1.77. The van der Waals surface area contributed by atoms with Gasteiger partial charge in [0.1, 0.15) is 6.23 Å². The summed E-state index contributed by atoms with van der Waals surface area (Å²) in [5.41, 5.74) is 4.67. The molecule has 3 rings (SSSR count). The summed E-state index contributed by atoms with van der Waals surface area (Å²) in [5.74, 6) is -0.462. The van der Waals surface area contributed by atoms with Crippen molar-refractivity contribution in [3.05, 3.63) is 35.2 Å². The van der Waals surface area contributed by atoms with Gasteiger partial charge in [-0.3, -0.25) is 10.1 Å². The summed E-state index contributed by atoms with van der Waals surface area (Å²) < 4.78 is 1.19. The molecule has 2 aromatic rings.